The molecule has 0 fully saturated rings. The molecule has 122 valence electrons. The van der Waals surface area contributed by atoms with Gasteiger partial charge in [-0.3, -0.25) is 0 Å². The number of aromatic amines is 2. The van der Waals surface area contributed by atoms with Crippen molar-refractivity contribution in [2.45, 2.75) is 13.5 Å². The lowest BCUT2D eigenvalue weighted by atomic mass is 10.1. The summed E-state index contributed by atoms with van der Waals surface area (Å²) < 4.78 is 0. The zero-order valence-corrected chi connectivity index (χ0v) is 14.0. The molecular weight excluding hydrogens is 300 g/mol. The quantitative estimate of drug-likeness (QED) is 0.541. The first kappa shape index (κ1) is 14.7. The van der Waals surface area contributed by atoms with Gasteiger partial charge in [-0.05, 0) is 50.8 Å². The van der Waals surface area contributed by atoms with Crippen molar-refractivity contribution in [3.8, 4) is 11.3 Å². The van der Waals surface area contributed by atoms with E-state index in [4.69, 9.17) is 5.73 Å². The average Bonchev–Trinajstić information content (AvgIpc) is 3.07. The zero-order valence-electron chi connectivity index (χ0n) is 14.0. The Morgan fingerprint density at radius 2 is 1.92 bits per heavy atom. The number of nitrogen functional groups attached to an aromatic ring is 1. The predicted octanol–water partition coefficient (Wildman–Crippen LogP) is 3.06. The van der Waals surface area contributed by atoms with Gasteiger partial charge < -0.3 is 20.6 Å². The Bertz CT molecular complexity index is 1040. The molecule has 1 aromatic carbocycles. The van der Waals surface area contributed by atoms with E-state index in [-0.39, 0.29) is 0 Å². The topological polar surface area (TPSA) is 86.6 Å². The number of anilines is 1. The molecule has 0 radical (unpaired) electrons. The van der Waals surface area contributed by atoms with Crippen LogP contribution in [-0.2, 0) is 6.54 Å². The van der Waals surface area contributed by atoms with Gasteiger partial charge in [-0.2, -0.15) is 0 Å². The molecule has 0 spiro atoms. The summed E-state index contributed by atoms with van der Waals surface area (Å²) in [7, 11) is 4.15. The molecule has 3 heterocycles. The van der Waals surface area contributed by atoms with Gasteiger partial charge in [0.15, 0.2) is 5.65 Å². The van der Waals surface area contributed by atoms with Crippen molar-refractivity contribution < 1.29 is 0 Å². The van der Waals surface area contributed by atoms with Crippen molar-refractivity contribution >= 4 is 27.9 Å². The lowest BCUT2D eigenvalue weighted by Gasteiger charge is -2.09. The highest BCUT2D eigenvalue weighted by atomic mass is 15.0. The lowest BCUT2D eigenvalue weighted by Crippen LogP contribution is -2.10. The van der Waals surface area contributed by atoms with E-state index in [0.717, 1.165) is 34.7 Å². The third-order valence-electron chi connectivity index (χ3n) is 4.07. The Hall–Kier alpha value is -2.86. The van der Waals surface area contributed by atoms with Gasteiger partial charge in [0, 0.05) is 28.7 Å². The van der Waals surface area contributed by atoms with Crippen molar-refractivity contribution in [1.82, 2.24) is 24.8 Å². The smallest absolute Gasteiger partial charge is 0.180 e. The molecule has 0 aliphatic rings. The van der Waals surface area contributed by atoms with Crippen molar-refractivity contribution in [3.63, 3.8) is 0 Å². The highest BCUT2D eigenvalue weighted by Crippen LogP contribution is 2.30. The van der Waals surface area contributed by atoms with E-state index >= 15 is 0 Å². The fourth-order valence-electron chi connectivity index (χ4n) is 3.13. The minimum atomic E-state index is 0.468. The third-order valence-corrected chi connectivity index (χ3v) is 4.07. The van der Waals surface area contributed by atoms with Gasteiger partial charge in [0.2, 0.25) is 0 Å². The molecule has 0 bridgehead atoms. The van der Waals surface area contributed by atoms with Gasteiger partial charge in [0.1, 0.15) is 11.6 Å². The van der Waals surface area contributed by atoms with Crippen molar-refractivity contribution in [3.05, 3.63) is 41.7 Å². The fourth-order valence-corrected chi connectivity index (χ4v) is 3.13. The molecule has 0 aliphatic heterocycles. The molecule has 24 heavy (non-hydrogen) atoms. The molecule has 4 rings (SSSR count). The highest BCUT2D eigenvalue weighted by molar-refractivity contribution is 5.95. The second kappa shape index (κ2) is 5.35. The summed E-state index contributed by atoms with van der Waals surface area (Å²) in [6.45, 7) is 2.84. The summed E-state index contributed by atoms with van der Waals surface area (Å²) in [6.07, 6.45) is 0. The second-order valence-corrected chi connectivity index (χ2v) is 6.46. The number of nitrogens with two attached hydrogens (primary N) is 1. The van der Waals surface area contributed by atoms with E-state index in [1.54, 1.807) is 0 Å². The number of nitrogens with one attached hydrogen (secondary N) is 2. The number of nitrogens with zero attached hydrogens (tertiary/aromatic N) is 3. The van der Waals surface area contributed by atoms with Gasteiger partial charge in [-0.15, -0.1) is 0 Å². The van der Waals surface area contributed by atoms with Crippen LogP contribution in [0.5, 0.6) is 0 Å². The van der Waals surface area contributed by atoms with E-state index in [0.29, 0.717) is 11.5 Å². The summed E-state index contributed by atoms with van der Waals surface area (Å²) >= 11 is 0. The van der Waals surface area contributed by atoms with E-state index in [2.05, 4.69) is 63.2 Å². The van der Waals surface area contributed by atoms with Crippen LogP contribution in [0.15, 0.2) is 30.3 Å². The molecule has 0 unspecified atom stereocenters. The molecule has 0 saturated carbocycles. The maximum atomic E-state index is 5.96. The first-order chi connectivity index (χ1) is 11.5. The Morgan fingerprint density at radius 3 is 2.71 bits per heavy atom. The third kappa shape index (κ3) is 2.51. The molecule has 3 aromatic heterocycles. The highest BCUT2D eigenvalue weighted by Gasteiger charge is 2.13. The van der Waals surface area contributed by atoms with E-state index in [1.165, 1.54) is 10.9 Å². The number of pyridine rings is 1. The van der Waals surface area contributed by atoms with Crippen LogP contribution in [-0.4, -0.2) is 38.9 Å². The summed E-state index contributed by atoms with van der Waals surface area (Å²) in [4.78, 5) is 17.6. The van der Waals surface area contributed by atoms with Crippen LogP contribution >= 0.6 is 0 Å². The van der Waals surface area contributed by atoms with Gasteiger partial charge in [0.25, 0.3) is 0 Å². The molecule has 0 saturated heterocycles. The molecule has 6 heteroatoms. The molecule has 4 aromatic rings. The van der Waals surface area contributed by atoms with Crippen LogP contribution in [0, 0.1) is 6.92 Å². The largest absolute Gasteiger partial charge is 0.384 e. The van der Waals surface area contributed by atoms with Crippen molar-refractivity contribution in [1.29, 1.82) is 0 Å². The number of imidazole rings is 1. The number of rotatable bonds is 3. The molecule has 0 aliphatic carbocycles. The molecule has 6 nitrogen and oxygen atoms in total. The molecule has 4 N–H and O–H groups in total. The van der Waals surface area contributed by atoms with Crippen LogP contribution in [0.4, 0.5) is 5.82 Å². The van der Waals surface area contributed by atoms with E-state index in [1.807, 2.05) is 13.0 Å². The summed E-state index contributed by atoms with van der Waals surface area (Å²) in [5.74, 6) is 1.30. The zero-order chi connectivity index (χ0) is 16.8. The molecule has 0 atom stereocenters. The minimum Gasteiger partial charge on any atom is -0.384 e. The number of aromatic nitrogens is 4. The van der Waals surface area contributed by atoms with Gasteiger partial charge in [-0.1, -0.05) is 6.07 Å². The first-order valence-corrected chi connectivity index (χ1v) is 7.89. The van der Waals surface area contributed by atoms with Crippen LogP contribution < -0.4 is 5.73 Å². The Labute approximate surface area is 139 Å². The van der Waals surface area contributed by atoms with Crippen LogP contribution in [0.25, 0.3) is 33.3 Å². The van der Waals surface area contributed by atoms with E-state index in [9.17, 15) is 0 Å². The lowest BCUT2D eigenvalue weighted by molar-refractivity contribution is 0.403. The van der Waals surface area contributed by atoms with Crippen LogP contribution in [0.1, 0.15) is 11.4 Å². The molecule has 0 amide bonds. The number of benzene rings is 1. The maximum absolute atomic E-state index is 5.96. The number of fused-ring (bicyclic) bond motifs is 2. The predicted molar refractivity (Wildman–Crippen MR) is 97.7 cm³/mol. The molecular formula is C18H20N6. The van der Waals surface area contributed by atoms with Crippen LogP contribution in [0.2, 0.25) is 0 Å². The van der Waals surface area contributed by atoms with Gasteiger partial charge >= 0.3 is 0 Å². The monoisotopic (exact) mass is 320 g/mol. The van der Waals surface area contributed by atoms with Crippen molar-refractivity contribution in [2.24, 2.45) is 0 Å². The van der Waals surface area contributed by atoms with Crippen molar-refractivity contribution in [2.75, 3.05) is 19.8 Å². The Balaban J connectivity index is 1.87. The Kier molecular flexibility index (Phi) is 3.28. The normalized spacial score (nSPS) is 11.8. The Morgan fingerprint density at radius 1 is 1.08 bits per heavy atom. The fraction of sp³-hybridized carbons (Fsp3) is 0.222. The number of H-pyrrole nitrogens is 2. The summed E-state index contributed by atoms with van der Waals surface area (Å²) in [6, 6.07) is 10.5. The van der Waals surface area contributed by atoms with Gasteiger partial charge in [0.05, 0.1) is 5.52 Å². The van der Waals surface area contributed by atoms with E-state index < -0.39 is 0 Å². The maximum Gasteiger partial charge on any atom is 0.180 e. The standard InChI is InChI=1S/C18H20N6/c1-10-20-17-13(8-16(19)23-18(17)21-10)15-7-12-6-11(9-24(2)3)4-5-14(12)22-15/h4-8,22H,9H2,1-3H3,(H3,19,20,21,23). The average molecular weight is 320 g/mol. The van der Waals surface area contributed by atoms with Crippen LogP contribution in [0.3, 0.4) is 0 Å². The summed E-state index contributed by atoms with van der Waals surface area (Å²) in [5.41, 5.74) is 11.9. The number of hydrogen-bond acceptors (Lipinski definition) is 4. The first-order valence-electron chi connectivity index (χ1n) is 7.89. The number of hydrogen-bond donors (Lipinski definition) is 3. The second-order valence-electron chi connectivity index (χ2n) is 6.46. The van der Waals surface area contributed by atoms with Gasteiger partial charge in [-0.25, -0.2) is 9.97 Å². The number of aryl methyl sites for hydroxylation is 1. The summed E-state index contributed by atoms with van der Waals surface area (Å²) in [5, 5.41) is 1.18. The SMILES string of the molecule is Cc1nc2nc(N)cc(-c3cc4cc(CN(C)C)ccc4[nH]3)c2[nH]1. The minimum absolute atomic E-state index is 0.468.